The summed E-state index contributed by atoms with van der Waals surface area (Å²) in [5.74, 6) is 1.21. The predicted molar refractivity (Wildman–Crippen MR) is 108 cm³/mol. The maximum Gasteiger partial charge on any atom is 0.233 e. The second kappa shape index (κ2) is 7.96. The van der Waals surface area contributed by atoms with Crippen LogP contribution in [0.1, 0.15) is 24.0 Å². The van der Waals surface area contributed by atoms with Crippen LogP contribution in [0.25, 0.3) is 5.57 Å². The molecule has 5 nitrogen and oxygen atoms in total. The van der Waals surface area contributed by atoms with Crippen LogP contribution < -0.4 is 5.32 Å². The molecule has 1 N–H and O–H groups in total. The molecule has 0 spiro atoms. The number of rotatable bonds is 4. The average molecular weight is 379 g/mol. The molecular weight excluding hydrogens is 358 g/mol. The standard InChI is InChI=1S/C21H21N3O2S/c25-19-7-6-17-12-18(13-22-21(17)23-19)27-14-20(26)24-10-8-16(9-11-24)15-4-2-1-3-5-15/h1-5,8,12-13H,6-7,9-11,14H2,(H,22,23,25). The molecule has 0 atom stereocenters. The Morgan fingerprint density at radius 1 is 1.19 bits per heavy atom. The van der Waals surface area contributed by atoms with Crippen molar-refractivity contribution in [2.75, 3.05) is 24.2 Å². The highest BCUT2D eigenvalue weighted by Crippen LogP contribution is 2.27. The van der Waals surface area contributed by atoms with Gasteiger partial charge >= 0.3 is 0 Å². The van der Waals surface area contributed by atoms with Gasteiger partial charge in [0.1, 0.15) is 5.82 Å². The fourth-order valence-electron chi connectivity index (χ4n) is 3.36. The van der Waals surface area contributed by atoms with Crippen molar-refractivity contribution in [1.29, 1.82) is 0 Å². The van der Waals surface area contributed by atoms with Crippen LogP contribution in [0.15, 0.2) is 53.6 Å². The van der Waals surface area contributed by atoms with E-state index in [9.17, 15) is 9.59 Å². The van der Waals surface area contributed by atoms with E-state index in [4.69, 9.17) is 0 Å². The highest BCUT2D eigenvalue weighted by molar-refractivity contribution is 8.00. The number of hydrogen-bond donors (Lipinski definition) is 1. The van der Waals surface area contributed by atoms with Crippen molar-refractivity contribution < 1.29 is 9.59 Å². The zero-order valence-corrected chi connectivity index (χ0v) is 15.8. The number of hydrogen-bond acceptors (Lipinski definition) is 4. The van der Waals surface area contributed by atoms with Crippen LogP contribution >= 0.6 is 11.8 Å². The van der Waals surface area contributed by atoms with Gasteiger partial charge in [-0.2, -0.15) is 0 Å². The number of aromatic nitrogens is 1. The van der Waals surface area contributed by atoms with Gasteiger partial charge in [0.25, 0.3) is 0 Å². The van der Waals surface area contributed by atoms with Crippen molar-refractivity contribution in [2.45, 2.75) is 24.2 Å². The lowest BCUT2D eigenvalue weighted by Gasteiger charge is -2.26. The summed E-state index contributed by atoms with van der Waals surface area (Å²) in [5.41, 5.74) is 3.60. The van der Waals surface area contributed by atoms with Gasteiger partial charge < -0.3 is 10.2 Å². The molecule has 6 heteroatoms. The summed E-state index contributed by atoms with van der Waals surface area (Å²) < 4.78 is 0. The van der Waals surface area contributed by atoms with Crippen molar-refractivity contribution in [3.05, 3.63) is 59.8 Å². The number of aryl methyl sites for hydroxylation is 1. The number of pyridine rings is 1. The van der Waals surface area contributed by atoms with Crippen molar-refractivity contribution in [3.8, 4) is 0 Å². The summed E-state index contributed by atoms with van der Waals surface area (Å²) in [6.45, 7) is 1.42. The second-order valence-electron chi connectivity index (χ2n) is 6.70. The van der Waals surface area contributed by atoms with Crippen molar-refractivity contribution in [1.82, 2.24) is 9.88 Å². The molecule has 2 aromatic rings. The highest BCUT2D eigenvalue weighted by Gasteiger charge is 2.19. The maximum atomic E-state index is 12.5. The Labute approximate surface area is 162 Å². The molecule has 0 fully saturated rings. The molecule has 2 amide bonds. The summed E-state index contributed by atoms with van der Waals surface area (Å²) in [6, 6.07) is 12.4. The number of benzene rings is 1. The van der Waals surface area contributed by atoms with Gasteiger partial charge in [0, 0.05) is 30.6 Å². The number of carbonyl (C=O) groups excluding carboxylic acids is 2. The topological polar surface area (TPSA) is 62.3 Å². The molecule has 0 bridgehead atoms. The first-order valence-corrected chi connectivity index (χ1v) is 10.1. The minimum absolute atomic E-state index is 0.0126. The van der Waals surface area contributed by atoms with Gasteiger partial charge in [0.05, 0.1) is 5.75 Å². The molecule has 3 heterocycles. The van der Waals surface area contributed by atoms with Gasteiger partial charge in [0.15, 0.2) is 0 Å². The van der Waals surface area contributed by atoms with Gasteiger partial charge in [-0.3, -0.25) is 9.59 Å². The molecule has 2 aliphatic heterocycles. The maximum absolute atomic E-state index is 12.5. The molecule has 0 saturated carbocycles. The molecule has 27 heavy (non-hydrogen) atoms. The number of nitrogens with zero attached hydrogens (tertiary/aromatic N) is 2. The fraction of sp³-hybridized carbons (Fsp3) is 0.286. The van der Waals surface area contributed by atoms with E-state index in [1.165, 1.54) is 22.9 Å². The SMILES string of the molecule is O=C1CCc2cc(SCC(=O)N3CC=C(c4ccccc4)CC3)cnc2N1. The second-order valence-corrected chi connectivity index (χ2v) is 7.75. The molecule has 0 saturated heterocycles. The predicted octanol–water partition coefficient (Wildman–Crippen LogP) is 3.37. The van der Waals surface area contributed by atoms with Gasteiger partial charge in [-0.15, -0.1) is 11.8 Å². The number of amides is 2. The smallest absolute Gasteiger partial charge is 0.233 e. The third kappa shape index (κ3) is 4.22. The molecule has 2 aliphatic rings. The number of nitrogens with one attached hydrogen (secondary N) is 1. The van der Waals surface area contributed by atoms with Crippen LogP contribution in [0.5, 0.6) is 0 Å². The van der Waals surface area contributed by atoms with E-state index >= 15 is 0 Å². The number of carbonyl (C=O) groups is 2. The van der Waals surface area contributed by atoms with Crippen molar-refractivity contribution in [3.63, 3.8) is 0 Å². The molecule has 0 radical (unpaired) electrons. The quantitative estimate of drug-likeness (QED) is 0.828. The summed E-state index contributed by atoms with van der Waals surface area (Å²) in [7, 11) is 0. The van der Waals surface area contributed by atoms with E-state index in [-0.39, 0.29) is 11.8 Å². The van der Waals surface area contributed by atoms with E-state index in [2.05, 4.69) is 28.5 Å². The molecule has 0 aliphatic carbocycles. The Hall–Kier alpha value is -2.60. The fourth-order valence-corrected chi connectivity index (χ4v) is 4.19. The lowest BCUT2D eigenvalue weighted by atomic mass is 10.00. The Kier molecular flexibility index (Phi) is 5.25. The monoisotopic (exact) mass is 379 g/mol. The number of fused-ring (bicyclic) bond motifs is 1. The van der Waals surface area contributed by atoms with E-state index in [0.717, 1.165) is 23.4 Å². The first-order valence-electron chi connectivity index (χ1n) is 9.13. The Morgan fingerprint density at radius 2 is 2.04 bits per heavy atom. The molecule has 4 rings (SSSR count). The van der Waals surface area contributed by atoms with Crippen LogP contribution in [0.3, 0.4) is 0 Å². The third-order valence-electron chi connectivity index (χ3n) is 4.89. The van der Waals surface area contributed by atoms with Crippen LogP contribution in [0.2, 0.25) is 0 Å². The summed E-state index contributed by atoms with van der Waals surface area (Å²) in [6.07, 6.45) is 5.97. The van der Waals surface area contributed by atoms with Crippen LogP contribution in [-0.4, -0.2) is 40.5 Å². The highest BCUT2D eigenvalue weighted by atomic mass is 32.2. The van der Waals surface area contributed by atoms with Crippen molar-refractivity contribution >= 4 is 35.0 Å². The minimum Gasteiger partial charge on any atom is -0.338 e. The zero-order valence-electron chi connectivity index (χ0n) is 15.0. The third-order valence-corrected chi connectivity index (χ3v) is 5.84. The zero-order chi connectivity index (χ0) is 18.6. The summed E-state index contributed by atoms with van der Waals surface area (Å²) in [4.78, 5) is 31.1. The van der Waals surface area contributed by atoms with Crippen LogP contribution in [0, 0.1) is 0 Å². The van der Waals surface area contributed by atoms with Gasteiger partial charge in [-0.1, -0.05) is 36.4 Å². The normalized spacial score (nSPS) is 16.4. The van der Waals surface area contributed by atoms with Gasteiger partial charge in [-0.05, 0) is 35.6 Å². The van der Waals surface area contributed by atoms with E-state index in [1.54, 1.807) is 6.20 Å². The number of thioether (sulfide) groups is 1. The van der Waals surface area contributed by atoms with Crippen LogP contribution in [-0.2, 0) is 16.0 Å². The molecule has 138 valence electrons. The Morgan fingerprint density at radius 3 is 2.81 bits per heavy atom. The Balaban J connectivity index is 1.33. The first kappa shape index (κ1) is 17.8. The van der Waals surface area contributed by atoms with Gasteiger partial charge in [0.2, 0.25) is 11.8 Å². The van der Waals surface area contributed by atoms with E-state index in [1.807, 2.05) is 29.2 Å². The lowest BCUT2D eigenvalue weighted by Crippen LogP contribution is -2.35. The molecule has 1 aromatic carbocycles. The first-order chi connectivity index (χ1) is 13.2. The molecular formula is C21H21N3O2S. The largest absolute Gasteiger partial charge is 0.338 e. The van der Waals surface area contributed by atoms with E-state index < -0.39 is 0 Å². The summed E-state index contributed by atoms with van der Waals surface area (Å²) in [5, 5.41) is 2.78. The van der Waals surface area contributed by atoms with Crippen molar-refractivity contribution in [2.24, 2.45) is 0 Å². The minimum atomic E-state index is 0.0126. The van der Waals surface area contributed by atoms with E-state index in [0.29, 0.717) is 31.0 Å². The molecule has 0 unspecified atom stereocenters. The average Bonchev–Trinajstić information content (AvgIpc) is 2.72. The molecule has 1 aromatic heterocycles. The lowest BCUT2D eigenvalue weighted by molar-refractivity contribution is -0.127. The van der Waals surface area contributed by atoms with Crippen LogP contribution in [0.4, 0.5) is 5.82 Å². The van der Waals surface area contributed by atoms with Gasteiger partial charge in [-0.25, -0.2) is 4.98 Å². The number of anilines is 1. The Bertz CT molecular complexity index is 896. The summed E-state index contributed by atoms with van der Waals surface area (Å²) >= 11 is 1.51.